The minimum absolute atomic E-state index is 0.00131. The van der Waals surface area contributed by atoms with Gasteiger partial charge in [0.25, 0.3) is 0 Å². The molecule has 0 bridgehead atoms. The third-order valence-corrected chi connectivity index (χ3v) is 3.05. The van der Waals surface area contributed by atoms with Crippen molar-refractivity contribution in [1.29, 1.82) is 0 Å². The second kappa shape index (κ2) is 10.2. The average Bonchev–Trinajstić information content (AvgIpc) is 2.38. The van der Waals surface area contributed by atoms with Crippen molar-refractivity contribution in [3.63, 3.8) is 0 Å². The third kappa shape index (κ3) is 9.87. The van der Waals surface area contributed by atoms with Crippen molar-refractivity contribution < 1.29 is 23.9 Å². The van der Waals surface area contributed by atoms with E-state index in [1.807, 2.05) is 0 Å². The van der Waals surface area contributed by atoms with Gasteiger partial charge in [0, 0.05) is 20.8 Å². The van der Waals surface area contributed by atoms with Crippen LogP contribution in [0.1, 0.15) is 59.8 Å². The number of carbonyl (C=O) groups is 3. The lowest BCUT2D eigenvalue weighted by Crippen LogP contribution is -2.55. The number of nitrogens with one attached hydrogen (secondary N) is 1. The van der Waals surface area contributed by atoms with E-state index in [0.29, 0.717) is 6.42 Å². The highest BCUT2D eigenvalue weighted by molar-refractivity contribution is 5.74. The van der Waals surface area contributed by atoms with Gasteiger partial charge in [-0.3, -0.25) is 14.4 Å². The fraction of sp³-hybridized carbons (Fsp3) is 0.800. The Hall–Kier alpha value is -1.59. The summed E-state index contributed by atoms with van der Waals surface area (Å²) in [7, 11) is 0. The Morgan fingerprint density at radius 3 is 1.81 bits per heavy atom. The monoisotopic (exact) mass is 301 g/mol. The van der Waals surface area contributed by atoms with Gasteiger partial charge in [0.05, 0.1) is 0 Å². The molecule has 1 amide bonds. The van der Waals surface area contributed by atoms with Crippen LogP contribution in [0, 0.1) is 0 Å². The van der Waals surface area contributed by atoms with E-state index < -0.39 is 17.5 Å². The minimum Gasteiger partial charge on any atom is -0.463 e. The van der Waals surface area contributed by atoms with Crippen LogP contribution in [0.4, 0.5) is 0 Å². The van der Waals surface area contributed by atoms with Crippen molar-refractivity contribution in [1.82, 2.24) is 5.32 Å². The molecule has 0 aliphatic heterocycles. The van der Waals surface area contributed by atoms with Crippen LogP contribution in [0.3, 0.4) is 0 Å². The first kappa shape index (κ1) is 19.4. The van der Waals surface area contributed by atoms with Gasteiger partial charge in [-0.05, 0) is 6.42 Å². The summed E-state index contributed by atoms with van der Waals surface area (Å²) in [6.07, 6.45) is 4.65. The molecule has 0 rings (SSSR count). The van der Waals surface area contributed by atoms with Crippen LogP contribution in [0.5, 0.6) is 0 Å². The molecule has 0 saturated carbocycles. The highest BCUT2D eigenvalue weighted by Crippen LogP contribution is 2.18. The molecule has 6 nitrogen and oxygen atoms in total. The predicted molar refractivity (Wildman–Crippen MR) is 78.6 cm³/mol. The van der Waals surface area contributed by atoms with Gasteiger partial charge in [-0.15, -0.1) is 0 Å². The van der Waals surface area contributed by atoms with E-state index in [1.54, 1.807) is 0 Å². The van der Waals surface area contributed by atoms with Crippen LogP contribution in [-0.4, -0.2) is 36.6 Å². The quantitative estimate of drug-likeness (QED) is 0.493. The standard InChI is InChI=1S/C15H27NO5/c1-5-6-7-8-9-15(16-12(2)17,10-20-13(3)18)11-21-14(4)19/h5-11H2,1-4H3,(H,16,17). The Bertz CT molecular complexity index is 336. The molecule has 0 spiro atoms. The molecule has 0 fully saturated rings. The first-order valence-corrected chi connectivity index (χ1v) is 7.37. The Balaban J connectivity index is 4.84. The van der Waals surface area contributed by atoms with Crippen molar-refractivity contribution in [2.75, 3.05) is 13.2 Å². The van der Waals surface area contributed by atoms with E-state index in [-0.39, 0.29) is 19.1 Å². The largest absolute Gasteiger partial charge is 0.463 e. The lowest BCUT2D eigenvalue weighted by molar-refractivity contribution is -0.150. The summed E-state index contributed by atoms with van der Waals surface area (Å²) in [6.45, 7) is 6.12. The molecule has 0 saturated heterocycles. The fourth-order valence-corrected chi connectivity index (χ4v) is 2.06. The van der Waals surface area contributed by atoms with E-state index in [9.17, 15) is 14.4 Å². The molecule has 122 valence electrons. The first-order valence-electron chi connectivity index (χ1n) is 7.37. The molecule has 0 aliphatic rings. The van der Waals surface area contributed by atoms with Crippen LogP contribution in [-0.2, 0) is 23.9 Å². The lowest BCUT2D eigenvalue weighted by Gasteiger charge is -2.33. The average molecular weight is 301 g/mol. The number of rotatable bonds is 10. The molecule has 0 atom stereocenters. The first-order chi connectivity index (χ1) is 9.81. The van der Waals surface area contributed by atoms with Gasteiger partial charge in [0.1, 0.15) is 18.8 Å². The Kier molecular flexibility index (Phi) is 9.41. The smallest absolute Gasteiger partial charge is 0.302 e. The van der Waals surface area contributed by atoms with E-state index >= 15 is 0 Å². The number of hydrogen-bond donors (Lipinski definition) is 1. The lowest BCUT2D eigenvalue weighted by atomic mass is 9.93. The van der Waals surface area contributed by atoms with Crippen molar-refractivity contribution in [3.8, 4) is 0 Å². The Labute approximate surface area is 126 Å². The molecule has 0 aliphatic carbocycles. The fourth-order valence-electron chi connectivity index (χ4n) is 2.06. The third-order valence-electron chi connectivity index (χ3n) is 3.05. The van der Waals surface area contributed by atoms with Gasteiger partial charge in [-0.25, -0.2) is 0 Å². The van der Waals surface area contributed by atoms with E-state index in [0.717, 1.165) is 25.7 Å². The summed E-state index contributed by atoms with van der Waals surface area (Å²) in [5, 5.41) is 2.79. The second-order valence-electron chi connectivity index (χ2n) is 5.33. The van der Waals surface area contributed by atoms with Crippen molar-refractivity contribution >= 4 is 17.8 Å². The van der Waals surface area contributed by atoms with Crippen molar-refractivity contribution in [2.45, 2.75) is 65.3 Å². The highest BCUT2D eigenvalue weighted by Gasteiger charge is 2.33. The van der Waals surface area contributed by atoms with Gasteiger partial charge in [0.2, 0.25) is 5.91 Å². The molecule has 0 aromatic heterocycles. The van der Waals surface area contributed by atoms with Crippen LogP contribution in [0.2, 0.25) is 0 Å². The summed E-state index contributed by atoms with van der Waals surface area (Å²) in [4.78, 5) is 33.5. The number of amides is 1. The molecule has 6 heteroatoms. The summed E-state index contributed by atoms with van der Waals surface area (Å²) in [6, 6.07) is 0. The number of ether oxygens (including phenoxy) is 2. The number of esters is 2. The summed E-state index contributed by atoms with van der Waals surface area (Å²) >= 11 is 0. The molecule has 0 aromatic carbocycles. The number of unbranched alkanes of at least 4 members (excludes halogenated alkanes) is 3. The maximum atomic E-state index is 11.4. The molecule has 0 radical (unpaired) electrons. The molecule has 0 heterocycles. The molecular formula is C15H27NO5. The normalized spacial score (nSPS) is 10.9. The van der Waals surface area contributed by atoms with E-state index in [4.69, 9.17) is 9.47 Å². The second-order valence-corrected chi connectivity index (χ2v) is 5.33. The van der Waals surface area contributed by atoms with Crippen LogP contribution in [0.15, 0.2) is 0 Å². The van der Waals surface area contributed by atoms with Crippen LogP contribution in [0.25, 0.3) is 0 Å². The Morgan fingerprint density at radius 2 is 1.43 bits per heavy atom. The predicted octanol–water partition coefficient (Wildman–Crippen LogP) is 1.96. The summed E-state index contributed by atoms with van der Waals surface area (Å²) < 4.78 is 10.1. The number of hydrogen-bond acceptors (Lipinski definition) is 5. The molecule has 0 unspecified atom stereocenters. The van der Waals surface area contributed by atoms with Crippen LogP contribution < -0.4 is 5.32 Å². The maximum Gasteiger partial charge on any atom is 0.302 e. The maximum absolute atomic E-state index is 11.4. The van der Waals surface area contributed by atoms with Gasteiger partial charge in [0.15, 0.2) is 0 Å². The molecular weight excluding hydrogens is 274 g/mol. The van der Waals surface area contributed by atoms with Crippen molar-refractivity contribution in [2.24, 2.45) is 0 Å². The number of carbonyl (C=O) groups excluding carboxylic acids is 3. The molecule has 1 N–H and O–H groups in total. The molecule has 0 aromatic rings. The van der Waals surface area contributed by atoms with E-state index in [1.165, 1.54) is 20.8 Å². The van der Waals surface area contributed by atoms with Gasteiger partial charge >= 0.3 is 11.9 Å². The Morgan fingerprint density at radius 1 is 0.905 bits per heavy atom. The molecule has 21 heavy (non-hydrogen) atoms. The van der Waals surface area contributed by atoms with Crippen molar-refractivity contribution in [3.05, 3.63) is 0 Å². The topological polar surface area (TPSA) is 81.7 Å². The SMILES string of the molecule is CCCCCCC(COC(C)=O)(COC(C)=O)NC(C)=O. The zero-order chi connectivity index (χ0) is 16.3. The van der Waals surface area contributed by atoms with Gasteiger partial charge < -0.3 is 14.8 Å². The zero-order valence-electron chi connectivity index (χ0n) is 13.5. The van der Waals surface area contributed by atoms with Gasteiger partial charge in [-0.1, -0.05) is 32.6 Å². The zero-order valence-corrected chi connectivity index (χ0v) is 13.5. The minimum atomic E-state index is -0.850. The van der Waals surface area contributed by atoms with Crippen LogP contribution >= 0.6 is 0 Å². The summed E-state index contributed by atoms with van der Waals surface area (Å²) in [5.41, 5.74) is -0.850. The summed E-state index contributed by atoms with van der Waals surface area (Å²) in [5.74, 6) is -1.10. The van der Waals surface area contributed by atoms with E-state index in [2.05, 4.69) is 12.2 Å². The van der Waals surface area contributed by atoms with Gasteiger partial charge in [-0.2, -0.15) is 0 Å². The highest BCUT2D eigenvalue weighted by atomic mass is 16.5.